The van der Waals surface area contributed by atoms with Gasteiger partial charge in [0.15, 0.2) is 0 Å². The lowest BCUT2D eigenvalue weighted by Gasteiger charge is -2.28. The third-order valence-corrected chi connectivity index (χ3v) is 5.78. The first-order chi connectivity index (χ1) is 12.7. The Hall–Kier alpha value is -2.31. The minimum absolute atomic E-state index is 0.438. The van der Waals surface area contributed by atoms with Crippen LogP contribution in [0, 0.1) is 0 Å². The number of nitrogens with one attached hydrogen (secondary N) is 1. The first kappa shape index (κ1) is 17.1. The van der Waals surface area contributed by atoms with Gasteiger partial charge in [0.2, 0.25) is 0 Å². The number of carbonyl (C=O) groups excluding carboxylic acids is 1. The van der Waals surface area contributed by atoms with Crippen molar-refractivity contribution in [2.24, 2.45) is 5.73 Å². The molecule has 4 rings (SSSR count). The third kappa shape index (κ3) is 3.61. The fourth-order valence-electron chi connectivity index (χ4n) is 3.46. The number of thioether (sulfide) groups is 1. The van der Waals surface area contributed by atoms with Crippen molar-refractivity contribution in [1.29, 1.82) is 0 Å². The van der Waals surface area contributed by atoms with Gasteiger partial charge < -0.3 is 10.7 Å². The number of amides is 1. The number of nitrogens with two attached hydrogens (primary N) is 1. The Morgan fingerprint density at radius 3 is 2.88 bits per heavy atom. The maximum atomic E-state index is 11.5. The first-order valence-electron chi connectivity index (χ1n) is 8.85. The van der Waals surface area contributed by atoms with E-state index < -0.39 is 5.91 Å². The number of aromatic nitrogens is 2. The zero-order valence-electron chi connectivity index (χ0n) is 14.6. The number of hydrogen-bond acceptors (Lipinski definition) is 4. The molecule has 0 spiro atoms. The predicted octanol–water partition coefficient (Wildman–Crippen LogP) is 2.95. The van der Waals surface area contributed by atoms with Crippen molar-refractivity contribution in [3.05, 3.63) is 65.0 Å². The number of nitrogens with zero attached hydrogens (tertiary/aromatic N) is 2. The van der Waals surface area contributed by atoms with E-state index in [-0.39, 0.29) is 0 Å². The topological polar surface area (TPSA) is 75.0 Å². The molecule has 0 fully saturated rings. The molecule has 0 unspecified atom stereocenters. The van der Waals surface area contributed by atoms with E-state index in [1.54, 1.807) is 6.07 Å². The van der Waals surface area contributed by atoms with Crippen LogP contribution in [0.2, 0.25) is 0 Å². The molecule has 3 N–H and O–H groups in total. The van der Waals surface area contributed by atoms with Gasteiger partial charge in [0, 0.05) is 25.4 Å². The molecule has 0 aliphatic carbocycles. The van der Waals surface area contributed by atoms with Crippen molar-refractivity contribution in [3.8, 4) is 0 Å². The number of aromatic amines is 1. The molecule has 5 nitrogen and oxygen atoms in total. The summed E-state index contributed by atoms with van der Waals surface area (Å²) < 4.78 is 0. The second kappa shape index (κ2) is 7.51. The maximum Gasteiger partial charge on any atom is 0.250 e. The number of benzene rings is 2. The highest BCUT2D eigenvalue weighted by molar-refractivity contribution is 7.98. The highest BCUT2D eigenvalue weighted by atomic mass is 32.2. The lowest BCUT2D eigenvalue weighted by atomic mass is 10.0. The van der Waals surface area contributed by atoms with E-state index in [2.05, 4.69) is 39.1 Å². The van der Waals surface area contributed by atoms with Crippen LogP contribution in [0.1, 0.15) is 27.3 Å². The fourth-order valence-corrected chi connectivity index (χ4v) is 4.32. The van der Waals surface area contributed by atoms with Crippen LogP contribution in [-0.4, -0.2) is 39.6 Å². The van der Waals surface area contributed by atoms with Gasteiger partial charge in [-0.25, -0.2) is 4.98 Å². The second-order valence-corrected chi connectivity index (χ2v) is 7.70. The summed E-state index contributed by atoms with van der Waals surface area (Å²) in [4.78, 5) is 21.9. The minimum atomic E-state index is -0.438. The minimum Gasteiger partial charge on any atom is -0.366 e. The van der Waals surface area contributed by atoms with Gasteiger partial charge in [-0.15, -0.1) is 0 Å². The van der Waals surface area contributed by atoms with Gasteiger partial charge in [0.1, 0.15) is 11.3 Å². The van der Waals surface area contributed by atoms with Crippen LogP contribution in [0.15, 0.2) is 42.5 Å². The van der Waals surface area contributed by atoms with Crippen LogP contribution >= 0.6 is 11.8 Å². The zero-order valence-corrected chi connectivity index (χ0v) is 15.4. The van der Waals surface area contributed by atoms with Crippen molar-refractivity contribution in [1.82, 2.24) is 14.9 Å². The van der Waals surface area contributed by atoms with Crippen molar-refractivity contribution in [3.63, 3.8) is 0 Å². The summed E-state index contributed by atoms with van der Waals surface area (Å²) in [6, 6.07) is 14.2. The van der Waals surface area contributed by atoms with E-state index in [1.165, 1.54) is 11.1 Å². The summed E-state index contributed by atoms with van der Waals surface area (Å²) in [5.74, 6) is 2.31. The van der Waals surface area contributed by atoms with E-state index in [0.717, 1.165) is 48.9 Å². The van der Waals surface area contributed by atoms with Crippen LogP contribution in [0.5, 0.6) is 0 Å². The second-order valence-electron chi connectivity index (χ2n) is 6.60. The molecule has 1 aliphatic rings. The Labute approximate surface area is 157 Å². The molecule has 1 aliphatic heterocycles. The first-order valence-corrected chi connectivity index (χ1v) is 10.0. The largest absolute Gasteiger partial charge is 0.366 e. The molecule has 0 atom stereocenters. The SMILES string of the molecule is NC(=O)c1cccc2[nH]c(CSCCN3CCc4ccccc4C3)nc12. The number of para-hydroxylation sites is 1. The number of hydrogen-bond donors (Lipinski definition) is 2. The average Bonchev–Trinajstić information content (AvgIpc) is 3.08. The Balaban J connectivity index is 1.31. The summed E-state index contributed by atoms with van der Waals surface area (Å²) >= 11 is 1.86. The lowest BCUT2D eigenvalue weighted by Crippen LogP contribution is -2.32. The van der Waals surface area contributed by atoms with E-state index in [0.29, 0.717) is 11.1 Å². The van der Waals surface area contributed by atoms with Gasteiger partial charge >= 0.3 is 0 Å². The number of primary amides is 1. The highest BCUT2D eigenvalue weighted by Gasteiger charge is 2.15. The highest BCUT2D eigenvalue weighted by Crippen LogP contribution is 2.21. The summed E-state index contributed by atoms with van der Waals surface area (Å²) in [6.45, 7) is 3.25. The number of rotatable bonds is 6. The van der Waals surface area contributed by atoms with Crippen LogP contribution in [0.25, 0.3) is 11.0 Å². The lowest BCUT2D eigenvalue weighted by molar-refractivity contribution is 0.100. The Morgan fingerprint density at radius 2 is 2.04 bits per heavy atom. The summed E-state index contributed by atoms with van der Waals surface area (Å²) in [6.07, 6.45) is 1.14. The molecule has 26 heavy (non-hydrogen) atoms. The Kier molecular flexibility index (Phi) is 4.95. The molecule has 0 saturated carbocycles. The van der Waals surface area contributed by atoms with Crippen LogP contribution in [-0.2, 0) is 18.7 Å². The van der Waals surface area contributed by atoms with Crippen LogP contribution in [0.3, 0.4) is 0 Å². The zero-order chi connectivity index (χ0) is 17.9. The maximum absolute atomic E-state index is 11.5. The quantitative estimate of drug-likeness (QED) is 0.658. The van der Waals surface area contributed by atoms with Gasteiger partial charge in [0.25, 0.3) is 5.91 Å². The third-order valence-electron chi connectivity index (χ3n) is 4.83. The van der Waals surface area contributed by atoms with Gasteiger partial charge in [-0.2, -0.15) is 11.8 Å². The summed E-state index contributed by atoms with van der Waals surface area (Å²) in [7, 11) is 0. The van der Waals surface area contributed by atoms with Crippen molar-refractivity contribution in [2.75, 3.05) is 18.8 Å². The Bertz CT molecular complexity index is 936. The number of fused-ring (bicyclic) bond motifs is 2. The smallest absolute Gasteiger partial charge is 0.250 e. The van der Waals surface area contributed by atoms with Crippen molar-refractivity contribution >= 4 is 28.7 Å². The summed E-state index contributed by atoms with van der Waals surface area (Å²) in [5.41, 5.74) is 10.4. The van der Waals surface area contributed by atoms with Gasteiger partial charge in [-0.3, -0.25) is 9.69 Å². The van der Waals surface area contributed by atoms with E-state index in [4.69, 9.17) is 5.73 Å². The molecule has 0 radical (unpaired) electrons. The van der Waals surface area contributed by atoms with Crippen molar-refractivity contribution < 1.29 is 4.79 Å². The van der Waals surface area contributed by atoms with Crippen molar-refractivity contribution in [2.45, 2.75) is 18.7 Å². The standard InChI is InChI=1S/C20H22N4OS/c21-20(25)16-6-3-7-17-19(16)23-18(22-17)13-26-11-10-24-9-8-14-4-1-2-5-15(14)12-24/h1-7H,8-13H2,(H2,21,25)(H,22,23). The monoisotopic (exact) mass is 366 g/mol. The van der Waals surface area contributed by atoms with Gasteiger partial charge in [-0.1, -0.05) is 30.3 Å². The van der Waals surface area contributed by atoms with Crippen LogP contribution < -0.4 is 5.73 Å². The fraction of sp³-hybridized carbons (Fsp3) is 0.300. The molecule has 1 aromatic heterocycles. The normalized spacial score (nSPS) is 14.5. The van der Waals surface area contributed by atoms with Gasteiger partial charge in [-0.05, 0) is 29.7 Å². The Morgan fingerprint density at radius 1 is 1.19 bits per heavy atom. The van der Waals surface area contributed by atoms with E-state index >= 15 is 0 Å². The molecule has 134 valence electrons. The molecule has 6 heteroatoms. The molecule has 1 amide bonds. The molecule has 2 heterocycles. The molecule has 0 saturated heterocycles. The molecular weight excluding hydrogens is 344 g/mol. The predicted molar refractivity (Wildman–Crippen MR) is 106 cm³/mol. The van der Waals surface area contributed by atoms with E-state index in [1.807, 2.05) is 23.9 Å². The molecule has 2 aromatic carbocycles. The number of H-pyrrole nitrogens is 1. The summed E-state index contributed by atoms with van der Waals surface area (Å²) in [5, 5.41) is 0. The molecule has 0 bridgehead atoms. The molecular formula is C20H22N4OS. The molecule has 3 aromatic rings. The average molecular weight is 366 g/mol. The number of carbonyl (C=O) groups is 1. The van der Waals surface area contributed by atoms with Gasteiger partial charge in [0.05, 0.1) is 16.8 Å². The number of imidazole rings is 1. The van der Waals surface area contributed by atoms with Crippen LogP contribution in [0.4, 0.5) is 0 Å². The van der Waals surface area contributed by atoms with E-state index in [9.17, 15) is 4.79 Å².